The summed E-state index contributed by atoms with van der Waals surface area (Å²) in [4.78, 5) is 30.3. The third-order valence-electron chi connectivity index (χ3n) is 4.88. The van der Waals surface area contributed by atoms with Crippen molar-refractivity contribution in [3.8, 4) is 0 Å². The summed E-state index contributed by atoms with van der Waals surface area (Å²) in [6, 6.07) is 17.5. The van der Waals surface area contributed by atoms with Crippen LogP contribution in [-0.2, 0) is 24.3 Å². The zero-order chi connectivity index (χ0) is 19.5. The van der Waals surface area contributed by atoms with Gasteiger partial charge in [-0.1, -0.05) is 48.5 Å². The van der Waals surface area contributed by atoms with Gasteiger partial charge in [0.05, 0.1) is 18.6 Å². The number of urea groups is 1. The van der Waals surface area contributed by atoms with Gasteiger partial charge < -0.3 is 19.9 Å². The monoisotopic (exact) mass is 376 g/mol. The second kappa shape index (κ2) is 7.56. The summed E-state index contributed by atoms with van der Waals surface area (Å²) in [5.74, 6) is -1.03. The van der Waals surface area contributed by atoms with Crippen molar-refractivity contribution in [2.75, 3.05) is 5.32 Å². The van der Waals surface area contributed by atoms with E-state index < -0.39 is 18.0 Å². The van der Waals surface area contributed by atoms with Gasteiger partial charge >= 0.3 is 12.0 Å². The maximum Gasteiger partial charge on any atom is 0.326 e. The smallest absolute Gasteiger partial charge is 0.326 e. The standard InChI is InChI=1S/C21H20N4O3/c26-20(27)19-11-18-17(22-14-24(18)12-15-7-3-1-4-8-15)13-25(19)21(28)23-16-9-5-2-6-10-16/h1-10,14,19H,11-13H2,(H,23,28)(H,26,27)/t19-/m1/s1. The fraction of sp³-hybridized carbons (Fsp3) is 0.190. The molecule has 1 aliphatic rings. The highest BCUT2D eigenvalue weighted by Gasteiger charge is 2.37. The Bertz CT molecular complexity index is 985. The van der Waals surface area contributed by atoms with E-state index in [0.717, 1.165) is 17.0 Å². The molecule has 0 radical (unpaired) electrons. The van der Waals surface area contributed by atoms with Crippen LogP contribution < -0.4 is 5.32 Å². The van der Waals surface area contributed by atoms with E-state index >= 15 is 0 Å². The van der Waals surface area contributed by atoms with Crippen LogP contribution in [0.4, 0.5) is 10.5 Å². The Morgan fingerprint density at radius 3 is 2.43 bits per heavy atom. The number of nitrogens with one attached hydrogen (secondary N) is 1. The highest BCUT2D eigenvalue weighted by atomic mass is 16.4. The molecule has 0 fully saturated rings. The number of hydrogen-bond acceptors (Lipinski definition) is 3. The first kappa shape index (κ1) is 17.8. The highest BCUT2D eigenvalue weighted by Crippen LogP contribution is 2.24. The topological polar surface area (TPSA) is 87.5 Å². The van der Waals surface area contributed by atoms with Crippen LogP contribution in [0.15, 0.2) is 67.0 Å². The first-order valence-electron chi connectivity index (χ1n) is 9.04. The van der Waals surface area contributed by atoms with Gasteiger partial charge in [0.1, 0.15) is 6.04 Å². The van der Waals surface area contributed by atoms with E-state index in [2.05, 4.69) is 10.3 Å². The summed E-state index contributed by atoms with van der Waals surface area (Å²) < 4.78 is 1.97. The third-order valence-corrected chi connectivity index (χ3v) is 4.88. The molecule has 2 N–H and O–H groups in total. The Hall–Kier alpha value is -3.61. The molecule has 0 bridgehead atoms. The normalized spacial score (nSPS) is 15.7. The summed E-state index contributed by atoms with van der Waals surface area (Å²) in [6.07, 6.45) is 1.94. The molecule has 1 atom stereocenters. The molecular weight excluding hydrogens is 356 g/mol. The van der Waals surface area contributed by atoms with Crippen LogP contribution in [0.2, 0.25) is 0 Å². The van der Waals surface area contributed by atoms with Crippen molar-refractivity contribution in [1.29, 1.82) is 0 Å². The number of nitrogens with zero attached hydrogens (tertiary/aromatic N) is 3. The SMILES string of the molecule is O=C(O)[C@H]1Cc2c(ncn2Cc2ccccc2)CN1C(=O)Nc1ccccc1. The quantitative estimate of drug-likeness (QED) is 0.733. The van der Waals surface area contributed by atoms with Crippen LogP contribution in [0.5, 0.6) is 0 Å². The average Bonchev–Trinajstić information content (AvgIpc) is 3.10. The molecule has 0 aliphatic carbocycles. The van der Waals surface area contributed by atoms with E-state index in [1.165, 1.54) is 4.90 Å². The molecule has 2 aromatic carbocycles. The van der Waals surface area contributed by atoms with Crippen molar-refractivity contribution in [2.24, 2.45) is 0 Å². The largest absolute Gasteiger partial charge is 0.480 e. The molecule has 0 saturated carbocycles. The van der Waals surface area contributed by atoms with E-state index in [1.807, 2.05) is 53.1 Å². The minimum atomic E-state index is -1.03. The minimum Gasteiger partial charge on any atom is -0.480 e. The summed E-state index contributed by atoms with van der Waals surface area (Å²) in [5.41, 5.74) is 3.33. The molecule has 4 rings (SSSR count). The zero-order valence-electron chi connectivity index (χ0n) is 15.2. The fourth-order valence-electron chi connectivity index (χ4n) is 3.45. The molecule has 0 spiro atoms. The second-order valence-corrected chi connectivity index (χ2v) is 6.73. The predicted molar refractivity (Wildman–Crippen MR) is 104 cm³/mol. The van der Waals surface area contributed by atoms with E-state index in [-0.39, 0.29) is 13.0 Å². The first-order chi connectivity index (χ1) is 13.6. The molecule has 7 nitrogen and oxygen atoms in total. The summed E-state index contributed by atoms with van der Waals surface area (Å²) in [6.45, 7) is 0.776. The number of carbonyl (C=O) groups is 2. The lowest BCUT2D eigenvalue weighted by molar-refractivity contribution is -0.142. The lowest BCUT2D eigenvalue weighted by Gasteiger charge is -2.33. The van der Waals surface area contributed by atoms with Crippen LogP contribution in [0.3, 0.4) is 0 Å². The van der Waals surface area contributed by atoms with Gasteiger partial charge in [0, 0.05) is 24.3 Å². The van der Waals surface area contributed by atoms with Gasteiger partial charge in [0.15, 0.2) is 0 Å². The van der Waals surface area contributed by atoms with E-state index in [1.54, 1.807) is 18.5 Å². The number of amides is 2. The van der Waals surface area contributed by atoms with Gasteiger partial charge in [0.25, 0.3) is 0 Å². The number of imidazole rings is 1. The van der Waals surface area contributed by atoms with Crippen molar-refractivity contribution in [3.05, 3.63) is 83.9 Å². The summed E-state index contributed by atoms with van der Waals surface area (Å²) in [5, 5.41) is 12.5. The number of fused-ring (bicyclic) bond motifs is 1. The summed E-state index contributed by atoms with van der Waals surface area (Å²) in [7, 11) is 0. The van der Waals surface area contributed by atoms with Crippen LogP contribution in [0, 0.1) is 0 Å². The molecule has 1 aromatic heterocycles. The van der Waals surface area contributed by atoms with E-state index in [9.17, 15) is 14.7 Å². The Balaban J connectivity index is 1.57. The second-order valence-electron chi connectivity index (χ2n) is 6.73. The maximum absolute atomic E-state index is 12.7. The van der Waals surface area contributed by atoms with Crippen LogP contribution >= 0.6 is 0 Å². The van der Waals surface area contributed by atoms with Gasteiger partial charge in [0.2, 0.25) is 0 Å². The van der Waals surface area contributed by atoms with Gasteiger partial charge in [-0.15, -0.1) is 0 Å². The molecule has 2 heterocycles. The van der Waals surface area contributed by atoms with Gasteiger partial charge in [-0.3, -0.25) is 0 Å². The van der Waals surface area contributed by atoms with E-state index in [0.29, 0.717) is 12.2 Å². The number of hydrogen-bond donors (Lipinski definition) is 2. The predicted octanol–water partition coefficient (Wildman–Crippen LogP) is 2.97. The molecule has 3 aromatic rings. The van der Waals surface area contributed by atoms with Crippen LogP contribution in [-0.4, -0.2) is 37.6 Å². The Morgan fingerprint density at radius 1 is 1.07 bits per heavy atom. The van der Waals surface area contributed by atoms with Crippen molar-refractivity contribution >= 4 is 17.7 Å². The Morgan fingerprint density at radius 2 is 1.75 bits per heavy atom. The number of aromatic nitrogens is 2. The number of carboxylic acid groups (broad SMARTS) is 1. The number of anilines is 1. The Labute approximate surface area is 162 Å². The fourth-order valence-corrected chi connectivity index (χ4v) is 3.45. The number of benzene rings is 2. The molecule has 28 heavy (non-hydrogen) atoms. The molecule has 2 amide bonds. The molecule has 0 unspecified atom stereocenters. The number of carboxylic acids is 1. The van der Waals surface area contributed by atoms with Crippen LogP contribution in [0.1, 0.15) is 17.0 Å². The first-order valence-corrected chi connectivity index (χ1v) is 9.04. The molecule has 0 saturated heterocycles. The number of carbonyl (C=O) groups excluding carboxylic acids is 1. The Kier molecular flexibility index (Phi) is 4.80. The van der Waals surface area contributed by atoms with Crippen molar-refractivity contribution in [2.45, 2.75) is 25.6 Å². The molecule has 7 heteroatoms. The van der Waals surface area contributed by atoms with Crippen molar-refractivity contribution < 1.29 is 14.7 Å². The number of rotatable bonds is 4. The summed E-state index contributed by atoms with van der Waals surface area (Å²) >= 11 is 0. The molecule has 1 aliphatic heterocycles. The van der Waals surface area contributed by atoms with Crippen molar-refractivity contribution in [3.63, 3.8) is 0 Å². The lowest BCUT2D eigenvalue weighted by Crippen LogP contribution is -2.50. The minimum absolute atomic E-state index is 0.159. The molecule has 142 valence electrons. The number of para-hydroxylation sites is 1. The van der Waals surface area contributed by atoms with Gasteiger partial charge in [-0.25, -0.2) is 14.6 Å². The highest BCUT2D eigenvalue weighted by molar-refractivity contribution is 5.92. The van der Waals surface area contributed by atoms with Crippen LogP contribution in [0.25, 0.3) is 0 Å². The zero-order valence-corrected chi connectivity index (χ0v) is 15.2. The van der Waals surface area contributed by atoms with Gasteiger partial charge in [-0.05, 0) is 17.7 Å². The third kappa shape index (κ3) is 3.59. The van der Waals surface area contributed by atoms with Crippen molar-refractivity contribution in [1.82, 2.24) is 14.5 Å². The maximum atomic E-state index is 12.7. The lowest BCUT2D eigenvalue weighted by atomic mass is 10.0. The van der Waals surface area contributed by atoms with Gasteiger partial charge in [-0.2, -0.15) is 0 Å². The molecular formula is C21H20N4O3. The average molecular weight is 376 g/mol. The van der Waals surface area contributed by atoms with E-state index in [4.69, 9.17) is 0 Å². The number of aliphatic carboxylic acids is 1.